The number of aromatic nitrogens is 2. The van der Waals surface area contributed by atoms with Gasteiger partial charge >= 0.3 is 0 Å². The minimum absolute atomic E-state index is 0.0280. The quantitative estimate of drug-likeness (QED) is 0.531. The molecule has 0 saturated carbocycles. The lowest BCUT2D eigenvalue weighted by atomic mass is 9.95. The summed E-state index contributed by atoms with van der Waals surface area (Å²) in [7, 11) is 4.61. The number of amides is 1. The summed E-state index contributed by atoms with van der Waals surface area (Å²) in [5.74, 6) is 1.87. The summed E-state index contributed by atoms with van der Waals surface area (Å²) in [6.45, 7) is 4.21. The van der Waals surface area contributed by atoms with E-state index in [2.05, 4.69) is 52.7 Å². The number of hydrogen-bond donors (Lipinski definition) is 1. The molecule has 1 saturated heterocycles. The van der Waals surface area contributed by atoms with Crippen LogP contribution in [0.3, 0.4) is 0 Å². The van der Waals surface area contributed by atoms with Gasteiger partial charge in [0.05, 0.1) is 27.4 Å². The van der Waals surface area contributed by atoms with E-state index in [9.17, 15) is 4.79 Å². The number of rotatable bonds is 7. The first kappa shape index (κ1) is 23.6. The van der Waals surface area contributed by atoms with E-state index in [4.69, 9.17) is 18.7 Å². The van der Waals surface area contributed by atoms with Gasteiger partial charge in [-0.15, -0.1) is 0 Å². The maximum atomic E-state index is 13.2. The molecule has 1 aromatic heterocycles. The molecule has 2 atom stereocenters. The molecule has 188 valence electrons. The Hall–Kier alpha value is -4.12. The number of fused-ring (bicyclic) bond motifs is 1. The highest BCUT2D eigenvalue weighted by Crippen LogP contribution is 2.40. The van der Waals surface area contributed by atoms with Gasteiger partial charge in [0.2, 0.25) is 17.5 Å². The van der Waals surface area contributed by atoms with Gasteiger partial charge in [-0.25, -0.2) is 10.4 Å². The SMILES string of the molecule is COc1cc(-c2noc(CN3N=CN4NC(c5cc(C)ccc5C)CC4C3=O)n2)cc(OC)c1OC. The predicted octanol–water partition coefficient (Wildman–Crippen LogP) is 2.98. The molecule has 2 aromatic carbocycles. The van der Waals surface area contributed by atoms with Gasteiger partial charge in [-0.1, -0.05) is 28.9 Å². The highest BCUT2D eigenvalue weighted by molar-refractivity contribution is 5.87. The van der Waals surface area contributed by atoms with Gasteiger partial charge in [0.25, 0.3) is 5.91 Å². The van der Waals surface area contributed by atoms with Crippen LogP contribution < -0.4 is 19.6 Å². The van der Waals surface area contributed by atoms with Crippen LogP contribution in [0.1, 0.15) is 35.0 Å². The lowest BCUT2D eigenvalue weighted by molar-refractivity contribution is -0.137. The van der Waals surface area contributed by atoms with Crippen molar-refractivity contribution in [2.75, 3.05) is 21.3 Å². The fraction of sp³-hybridized carbons (Fsp3) is 0.360. The number of aryl methyl sites for hydroxylation is 2. The van der Waals surface area contributed by atoms with Crippen molar-refractivity contribution in [2.24, 2.45) is 5.10 Å². The Kier molecular flexibility index (Phi) is 6.23. The number of methoxy groups -OCH3 is 3. The van der Waals surface area contributed by atoms with Gasteiger partial charge in [-0.3, -0.25) is 9.80 Å². The Morgan fingerprint density at radius 1 is 1.08 bits per heavy atom. The molecule has 2 unspecified atom stereocenters. The highest BCUT2D eigenvalue weighted by Gasteiger charge is 2.41. The van der Waals surface area contributed by atoms with Gasteiger partial charge in [-0.05, 0) is 43.5 Å². The van der Waals surface area contributed by atoms with Crippen LogP contribution in [0, 0.1) is 13.8 Å². The van der Waals surface area contributed by atoms with Gasteiger partial charge < -0.3 is 18.7 Å². The number of carbonyl (C=O) groups excluding carboxylic acids is 1. The minimum Gasteiger partial charge on any atom is -0.493 e. The smallest absolute Gasteiger partial charge is 0.267 e. The van der Waals surface area contributed by atoms with E-state index in [-0.39, 0.29) is 30.4 Å². The zero-order valence-electron chi connectivity index (χ0n) is 20.8. The molecule has 0 aliphatic carbocycles. The number of nitrogens with one attached hydrogen (secondary N) is 1. The van der Waals surface area contributed by atoms with E-state index < -0.39 is 0 Å². The molecule has 2 aliphatic rings. The van der Waals surface area contributed by atoms with Crippen LogP contribution in [0.2, 0.25) is 0 Å². The summed E-state index contributed by atoms with van der Waals surface area (Å²) < 4.78 is 21.6. The number of hydrogen-bond acceptors (Lipinski definition) is 10. The molecular weight excluding hydrogens is 464 g/mol. The third kappa shape index (κ3) is 4.22. The minimum atomic E-state index is -0.370. The van der Waals surface area contributed by atoms with Crippen molar-refractivity contribution < 1.29 is 23.5 Å². The summed E-state index contributed by atoms with van der Waals surface area (Å²) >= 11 is 0. The van der Waals surface area contributed by atoms with E-state index in [1.54, 1.807) is 23.5 Å². The molecule has 3 aromatic rings. The molecule has 11 heteroatoms. The molecule has 1 N–H and O–H groups in total. The Bertz CT molecular complexity index is 1300. The zero-order chi connectivity index (χ0) is 25.4. The molecule has 1 amide bonds. The number of benzene rings is 2. The number of nitrogens with zero attached hydrogens (tertiary/aromatic N) is 5. The first-order chi connectivity index (χ1) is 17.4. The summed E-state index contributed by atoms with van der Waals surface area (Å²) in [5, 5.41) is 11.5. The molecule has 1 fully saturated rings. The van der Waals surface area contributed by atoms with Crippen molar-refractivity contribution in [1.29, 1.82) is 0 Å². The molecule has 0 bridgehead atoms. The van der Waals surface area contributed by atoms with E-state index in [1.807, 2.05) is 0 Å². The average Bonchev–Trinajstić information content (AvgIpc) is 3.54. The maximum absolute atomic E-state index is 13.2. The second-order valence-corrected chi connectivity index (χ2v) is 8.75. The van der Waals surface area contributed by atoms with Crippen molar-refractivity contribution in [3.05, 3.63) is 52.9 Å². The van der Waals surface area contributed by atoms with Crippen LogP contribution in [0.4, 0.5) is 0 Å². The van der Waals surface area contributed by atoms with Crippen LogP contribution in [-0.2, 0) is 11.3 Å². The van der Waals surface area contributed by atoms with Crippen LogP contribution >= 0.6 is 0 Å². The van der Waals surface area contributed by atoms with Crippen molar-refractivity contribution in [2.45, 2.75) is 38.9 Å². The molecule has 5 rings (SSSR count). The van der Waals surface area contributed by atoms with Gasteiger partial charge in [0.1, 0.15) is 18.9 Å². The van der Waals surface area contributed by atoms with Crippen molar-refractivity contribution in [3.63, 3.8) is 0 Å². The topological polar surface area (TPSA) is 115 Å². The summed E-state index contributed by atoms with van der Waals surface area (Å²) in [6, 6.07) is 9.48. The summed E-state index contributed by atoms with van der Waals surface area (Å²) in [5.41, 5.74) is 7.57. The van der Waals surface area contributed by atoms with E-state index >= 15 is 0 Å². The summed E-state index contributed by atoms with van der Waals surface area (Å²) in [4.78, 5) is 17.7. The third-order valence-electron chi connectivity index (χ3n) is 6.44. The second kappa shape index (κ2) is 9.50. The normalized spacial score (nSPS) is 19.0. The molecule has 0 spiro atoms. The maximum Gasteiger partial charge on any atom is 0.267 e. The van der Waals surface area contributed by atoms with Crippen molar-refractivity contribution in [3.8, 4) is 28.6 Å². The Morgan fingerprint density at radius 3 is 2.53 bits per heavy atom. The number of hydrazine groups is 1. The fourth-order valence-electron chi connectivity index (χ4n) is 4.57. The van der Waals surface area contributed by atoms with E-state index in [0.717, 1.165) is 0 Å². The molecule has 3 heterocycles. The fourth-order valence-corrected chi connectivity index (χ4v) is 4.57. The van der Waals surface area contributed by atoms with Crippen LogP contribution in [0.15, 0.2) is 40.0 Å². The second-order valence-electron chi connectivity index (χ2n) is 8.75. The molecular formula is C25H28N6O5. The van der Waals surface area contributed by atoms with Crippen LogP contribution in [0.5, 0.6) is 17.2 Å². The number of carbonyl (C=O) groups is 1. The predicted molar refractivity (Wildman–Crippen MR) is 130 cm³/mol. The lowest BCUT2D eigenvalue weighted by Crippen LogP contribution is -2.50. The third-order valence-corrected chi connectivity index (χ3v) is 6.44. The van der Waals surface area contributed by atoms with Crippen LogP contribution in [0.25, 0.3) is 11.4 Å². The number of ether oxygens (including phenoxy) is 3. The molecule has 36 heavy (non-hydrogen) atoms. The zero-order valence-corrected chi connectivity index (χ0v) is 20.8. The average molecular weight is 493 g/mol. The van der Waals surface area contributed by atoms with Crippen molar-refractivity contribution in [1.82, 2.24) is 25.6 Å². The molecule has 2 aliphatic heterocycles. The van der Waals surface area contributed by atoms with Crippen molar-refractivity contribution >= 4 is 12.2 Å². The highest BCUT2D eigenvalue weighted by atomic mass is 16.5. The first-order valence-electron chi connectivity index (χ1n) is 11.5. The van der Waals surface area contributed by atoms with E-state index in [1.165, 1.54) is 43.0 Å². The van der Waals surface area contributed by atoms with Crippen LogP contribution in [-0.4, -0.2) is 59.8 Å². The summed E-state index contributed by atoms with van der Waals surface area (Å²) in [6.07, 6.45) is 2.26. The Balaban J connectivity index is 1.32. The Morgan fingerprint density at radius 2 is 1.83 bits per heavy atom. The lowest BCUT2D eigenvalue weighted by Gasteiger charge is -2.29. The molecule has 0 radical (unpaired) electrons. The monoisotopic (exact) mass is 492 g/mol. The van der Waals surface area contributed by atoms with Gasteiger partial charge in [-0.2, -0.15) is 10.1 Å². The standard InChI is InChI=1S/C25H28N6O5/c1-14-6-7-15(2)17(8-14)18-11-19-25(32)30(26-13-31(19)28-18)12-22-27-24(29-36-22)16-9-20(33-3)23(35-5)21(10-16)34-4/h6-10,13,18-19,28H,11-12H2,1-5H3. The van der Waals surface area contributed by atoms with Gasteiger partial charge in [0, 0.05) is 5.56 Å². The number of hydrazone groups is 1. The largest absolute Gasteiger partial charge is 0.493 e. The first-order valence-corrected chi connectivity index (χ1v) is 11.5. The van der Waals surface area contributed by atoms with Gasteiger partial charge in [0.15, 0.2) is 11.5 Å². The van der Waals surface area contributed by atoms with E-state index in [0.29, 0.717) is 35.1 Å². The Labute approximate surface area is 208 Å². The molecule has 11 nitrogen and oxygen atoms in total.